The van der Waals surface area contributed by atoms with Crippen LogP contribution in [0.15, 0.2) is 42.5 Å². The van der Waals surface area contributed by atoms with Crippen LogP contribution in [-0.4, -0.2) is 39.4 Å². The van der Waals surface area contributed by atoms with Crippen LogP contribution in [0.3, 0.4) is 0 Å². The Morgan fingerprint density at radius 2 is 1.93 bits per heavy atom. The van der Waals surface area contributed by atoms with Gasteiger partial charge in [-0.05, 0) is 54.7 Å². The maximum absolute atomic E-state index is 12.9. The van der Waals surface area contributed by atoms with E-state index in [4.69, 9.17) is 18.9 Å². The van der Waals surface area contributed by atoms with Crippen LogP contribution in [0, 0.1) is 5.92 Å². The molecule has 1 N–H and O–H groups in total. The van der Waals surface area contributed by atoms with Crippen molar-refractivity contribution in [1.82, 2.24) is 5.32 Å². The summed E-state index contributed by atoms with van der Waals surface area (Å²) in [6, 6.07) is 13.1. The Kier molecular flexibility index (Phi) is 5.67. The molecular formula is C22H25NO5. The molecule has 1 saturated carbocycles. The van der Waals surface area contributed by atoms with Gasteiger partial charge in [0.2, 0.25) is 0 Å². The van der Waals surface area contributed by atoms with Crippen molar-refractivity contribution >= 4 is 5.91 Å². The molecule has 6 heteroatoms. The number of nitrogens with one attached hydrogen (secondary N) is 1. The second kappa shape index (κ2) is 8.52. The smallest absolute Gasteiger partial charge is 0.251 e. The molecule has 1 aliphatic carbocycles. The molecule has 2 aliphatic rings. The van der Waals surface area contributed by atoms with E-state index in [1.54, 1.807) is 19.2 Å². The molecule has 0 saturated heterocycles. The summed E-state index contributed by atoms with van der Waals surface area (Å²) < 4.78 is 21.9. The largest absolute Gasteiger partial charge is 0.491 e. The third-order valence-electron chi connectivity index (χ3n) is 4.96. The molecule has 1 unspecified atom stereocenters. The number of hydrogen-bond donors (Lipinski definition) is 1. The summed E-state index contributed by atoms with van der Waals surface area (Å²) in [7, 11) is 1.63. The van der Waals surface area contributed by atoms with Crippen molar-refractivity contribution in [3.63, 3.8) is 0 Å². The van der Waals surface area contributed by atoms with Crippen molar-refractivity contribution in [3.05, 3.63) is 53.6 Å². The van der Waals surface area contributed by atoms with Crippen LogP contribution in [0.25, 0.3) is 0 Å². The molecule has 1 aliphatic heterocycles. The minimum atomic E-state index is -0.107. The van der Waals surface area contributed by atoms with Crippen molar-refractivity contribution in [3.8, 4) is 17.2 Å². The average Bonchev–Trinajstić information content (AvgIpc) is 3.57. The Morgan fingerprint density at radius 3 is 2.71 bits per heavy atom. The Morgan fingerprint density at radius 1 is 1.11 bits per heavy atom. The first kappa shape index (κ1) is 18.6. The van der Waals surface area contributed by atoms with Crippen molar-refractivity contribution < 1.29 is 23.7 Å². The summed E-state index contributed by atoms with van der Waals surface area (Å²) in [4.78, 5) is 12.9. The molecule has 0 radical (unpaired) electrons. The lowest BCUT2D eigenvalue weighted by Gasteiger charge is -2.23. The van der Waals surface area contributed by atoms with Gasteiger partial charge in [-0.1, -0.05) is 12.1 Å². The van der Waals surface area contributed by atoms with E-state index >= 15 is 0 Å². The Hall–Kier alpha value is -2.73. The summed E-state index contributed by atoms with van der Waals surface area (Å²) in [5.41, 5.74) is 1.63. The second-order valence-electron chi connectivity index (χ2n) is 7.06. The van der Waals surface area contributed by atoms with Crippen molar-refractivity contribution in [2.45, 2.75) is 18.9 Å². The van der Waals surface area contributed by atoms with E-state index in [0.29, 0.717) is 43.7 Å². The molecule has 0 bridgehead atoms. The second-order valence-corrected chi connectivity index (χ2v) is 7.06. The van der Waals surface area contributed by atoms with E-state index in [-0.39, 0.29) is 11.9 Å². The Labute approximate surface area is 164 Å². The van der Waals surface area contributed by atoms with Crippen LogP contribution >= 0.6 is 0 Å². The van der Waals surface area contributed by atoms with Gasteiger partial charge in [0.05, 0.1) is 12.6 Å². The summed E-state index contributed by atoms with van der Waals surface area (Å²) in [5.74, 6) is 2.51. The number of amides is 1. The topological polar surface area (TPSA) is 66.0 Å². The van der Waals surface area contributed by atoms with Crippen LogP contribution in [0.1, 0.15) is 34.8 Å². The lowest BCUT2D eigenvalue weighted by Crippen LogP contribution is -2.30. The number of rotatable bonds is 8. The van der Waals surface area contributed by atoms with E-state index in [0.717, 1.165) is 29.9 Å². The maximum Gasteiger partial charge on any atom is 0.251 e. The van der Waals surface area contributed by atoms with Gasteiger partial charge < -0.3 is 24.3 Å². The fourth-order valence-electron chi connectivity index (χ4n) is 3.35. The number of carbonyl (C=O) groups excluding carboxylic acids is 1. The quantitative estimate of drug-likeness (QED) is 0.708. The van der Waals surface area contributed by atoms with Crippen molar-refractivity contribution in [2.75, 3.05) is 33.5 Å². The summed E-state index contributed by atoms with van der Waals surface area (Å²) in [5, 5.41) is 3.20. The Bertz CT molecular complexity index is 833. The molecule has 4 rings (SSSR count). The highest BCUT2D eigenvalue weighted by atomic mass is 16.6. The number of ether oxygens (including phenoxy) is 4. The van der Waals surface area contributed by atoms with Gasteiger partial charge in [0, 0.05) is 12.7 Å². The predicted octanol–water partition coefficient (Wildman–Crippen LogP) is 3.36. The molecule has 1 amide bonds. The highest BCUT2D eigenvalue weighted by Crippen LogP contribution is 2.43. The summed E-state index contributed by atoms with van der Waals surface area (Å²) in [6.07, 6.45) is 2.22. The molecule has 0 spiro atoms. The van der Waals surface area contributed by atoms with Gasteiger partial charge in [0.15, 0.2) is 11.5 Å². The maximum atomic E-state index is 12.9. The third-order valence-corrected chi connectivity index (χ3v) is 4.96. The molecule has 2 aromatic carbocycles. The van der Waals surface area contributed by atoms with Gasteiger partial charge in [-0.3, -0.25) is 4.79 Å². The zero-order chi connectivity index (χ0) is 19.3. The number of benzene rings is 2. The first-order chi connectivity index (χ1) is 13.7. The lowest BCUT2D eigenvalue weighted by atomic mass is 10.0. The van der Waals surface area contributed by atoms with E-state index in [1.807, 2.05) is 30.3 Å². The van der Waals surface area contributed by atoms with Crippen LogP contribution in [0.5, 0.6) is 17.2 Å². The average molecular weight is 383 g/mol. The number of hydrogen-bond acceptors (Lipinski definition) is 5. The summed E-state index contributed by atoms with van der Waals surface area (Å²) in [6.45, 7) is 2.07. The van der Waals surface area contributed by atoms with Gasteiger partial charge in [0.1, 0.15) is 25.6 Å². The number of fused-ring (bicyclic) bond motifs is 1. The van der Waals surface area contributed by atoms with Crippen molar-refractivity contribution in [1.29, 1.82) is 0 Å². The Balaban J connectivity index is 1.48. The van der Waals surface area contributed by atoms with Crippen LogP contribution in [0.4, 0.5) is 0 Å². The zero-order valence-electron chi connectivity index (χ0n) is 16.0. The molecule has 1 atom stereocenters. The SMILES string of the molecule is COCCOc1cccc(C(=O)NC(c2ccc3c(c2)OCCO3)C2CC2)c1. The molecule has 148 valence electrons. The van der Waals surface area contributed by atoms with Gasteiger partial charge in [0.25, 0.3) is 5.91 Å². The normalized spacial score (nSPS) is 16.3. The van der Waals surface area contributed by atoms with E-state index in [9.17, 15) is 4.79 Å². The van der Waals surface area contributed by atoms with E-state index < -0.39 is 0 Å². The van der Waals surface area contributed by atoms with Crippen LogP contribution in [0.2, 0.25) is 0 Å². The fourth-order valence-corrected chi connectivity index (χ4v) is 3.35. The standard InChI is InChI=1S/C22H25NO5/c1-25-9-10-26-18-4-2-3-17(13-18)22(24)23-21(15-5-6-15)16-7-8-19-20(14-16)28-12-11-27-19/h2-4,7-8,13-15,21H,5-6,9-12H2,1H3,(H,23,24). The zero-order valence-corrected chi connectivity index (χ0v) is 16.0. The van der Waals surface area contributed by atoms with E-state index in [1.165, 1.54) is 0 Å². The van der Waals surface area contributed by atoms with Gasteiger partial charge in [-0.25, -0.2) is 0 Å². The first-order valence-electron chi connectivity index (χ1n) is 9.67. The van der Waals surface area contributed by atoms with Gasteiger partial charge >= 0.3 is 0 Å². The fraction of sp³-hybridized carbons (Fsp3) is 0.409. The van der Waals surface area contributed by atoms with Crippen LogP contribution in [-0.2, 0) is 4.74 Å². The number of methoxy groups -OCH3 is 1. The molecule has 0 aromatic heterocycles. The lowest BCUT2D eigenvalue weighted by molar-refractivity contribution is 0.0930. The monoisotopic (exact) mass is 383 g/mol. The highest BCUT2D eigenvalue weighted by Gasteiger charge is 2.34. The highest BCUT2D eigenvalue weighted by molar-refractivity contribution is 5.94. The third kappa shape index (κ3) is 4.39. The number of carbonyl (C=O) groups is 1. The minimum absolute atomic E-state index is 0.0404. The predicted molar refractivity (Wildman–Crippen MR) is 104 cm³/mol. The summed E-state index contributed by atoms with van der Waals surface area (Å²) >= 11 is 0. The molecule has 1 fully saturated rings. The molecule has 6 nitrogen and oxygen atoms in total. The first-order valence-corrected chi connectivity index (χ1v) is 9.67. The molecule has 2 aromatic rings. The van der Waals surface area contributed by atoms with E-state index in [2.05, 4.69) is 5.32 Å². The molecule has 28 heavy (non-hydrogen) atoms. The van der Waals surface area contributed by atoms with Crippen LogP contribution < -0.4 is 19.5 Å². The van der Waals surface area contributed by atoms with Gasteiger partial charge in [-0.2, -0.15) is 0 Å². The molecular weight excluding hydrogens is 358 g/mol. The minimum Gasteiger partial charge on any atom is -0.491 e. The van der Waals surface area contributed by atoms with Gasteiger partial charge in [-0.15, -0.1) is 0 Å². The molecule has 1 heterocycles. The van der Waals surface area contributed by atoms with Crippen molar-refractivity contribution in [2.24, 2.45) is 5.92 Å².